The van der Waals surface area contributed by atoms with E-state index in [2.05, 4.69) is 5.32 Å². The van der Waals surface area contributed by atoms with Gasteiger partial charge in [0.2, 0.25) is 15.9 Å². The first kappa shape index (κ1) is 21.8. The van der Waals surface area contributed by atoms with Crippen LogP contribution in [0.5, 0.6) is 5.75 Å². The number of hydrogen-bond acceptors (Lipinski definition) is 4. The Kier molecular flexibility index (Phi) is 7.87. The van der Waals surface area contributed by atoms with Gasteiger partial charge in [-0.15, -0.1) is 0 Å². The van der Waals surface area contributed by atoms with Gasteiger partial charge in [-0.1, -0.05) is 35.9 Å². The maximum Gasteiger partial charge on any atom is 0.240 e. The fraction of sp³-hybridized carbons (Fsp3) is 0.381. The number of nitrogens with zero attached hydrogens (tertiary/aromatic N) is 1. The molecule has 28 heavy (non-hydrogen) atoms. The minimum Gasteiger partial charge on any atom is -0.494 e. The first-order valence-corrected chi connectivity index (χ1v) is 11.2. The van der Waals surface area contributed by atoms with Gasteiger partial charge in [-0.05, 0) is 50.5 Å². The summed E-state index contributed by atoms with van der Waals surface area (Å²) in [6, 6.07) is 14.9. The Hall–Kier alpha value is -2.54. The highest BCUT2D eigenvalue weighted by molar-refractivity contribution is 7.92. The van der Waals surface area contributed by atoms with Crippen LogP contribution in [0.15, 0.2) is 48.5 Å². The molecule has 0 saturated heterocycles. The average molecular weight is 405 g/mol. The van der Waals surface area contributed by atoms with E-state index in [-0.39, 0.29) is 12.5 Å². The lowest BCUT2D eigenvalue weighted by molar-refractivity contribution is -0.119. The van der Waals surface area contributed by atoms with Gasteiger partial charge in [-0.2, -0.15) is 0 Å². The minimum atomic E-state index is -3.56. The number of anilines is 1. The highest BCUT2D eigenvalue weighted by Crippen LogP contribution is 2.19. The number of para-hydroxylation sites is 1. The van der Waals surface area contributed by atoms with E-state index in [1.54, 1.807) is 12.1 Å². The molecule has 1 N–H and O–H groups in total. The van der Waals surface area contributed by atoms with Crippen molar-refractivity contribution in [2.75, 3.05) is 30.3 Å². The lowest BCUT2D eigenvalue weighted by Crippen LogP contribution is -2.40. The third-order valence-corrected chi connectivity index (χ3v) is 5.37. The largest absolute Gasteiger partial charge is 0.494 e. The predicted molar refractivity (Wildman–Crippen MR) is 112 cm³/mol. The molecule has 0 aromatic heterocycles. The van der Waals surface area contributed by atoms with Gasteiger partial charge in [0.1, 0.15) is 12.3 Å². The molecule has 0 aliphatic heterocycles. The smallest absolute Gasteiger partial charge is 0.240 e. The summed E-state index contributed by atoms with van der Waals surface area (Å²) in [6.45, 7) is 4.69. The van der Waals surface area contributed by atoms with Crippen LogP contribution in [0.4, 0.5) is 5.69 Å². The quantitative estimate of drug-likeness (QED) is 0.618. The number of rotatable bonds is 10. The van der Waals surface area contributed by atoms with Crippen LogP contribution in [0.1, 0.15) is 24.5 Å². The fourth-order valence-corrected chi connectivity index (χ4v) is 3.67. The van der Waals surface area contributed by atoms with Crippen molar-refractivity contribution in [2.24, 2.45) is 0 Å². The summed E-state index contributed by atoms with van der Waals surface area (Å²) in [5, 5.41) is 2.80. The van der Waals surface area contributed by atoms with E-state index in [4.69, 9.17) is 4.74 Å². The molecule has 0 spiro atoms. The van der Waals surface area contributed by atoms with E-state index in [1.807, 2.05) is 50.2 Å². The fourth-order valence-electron chi connectivity index (χ4n) is 2.81. The molecular weight excluding hydrogens is 376 g/mol. The van der Waals surface area contributed by atoms with Crippen molar-refractivity contribution in [1.82, 2.24) is 5.32 Å². The zero-order valence-corrected chi connectivity index (χ0v) is 17.5. The van der Waals surface area contributed by atoms with Gasteiger partial charge in [-0.3, -0.25) is 9.10 Å². The van der Waals surface area contributed by atoms with Gasteiger partial charge in [0.15, 0.2) is 0 Å². The van der Waals surface area contributed by atoms with Crippen molar-refractivity contribution in [2.45, 2.75) is 26.7 Å². The molecule has 2 aromatic carbocycles. The van der Waals surface area contributed by atoms with Crippen LogP contribution in [0.3, 0.4) is 0 Å². The standard InChI is InChI=1S/C21H28N2O4S/c1-4-27-20-10-6-5-8-18(20)9-7-15-22-21(24)16-23(28(3,25)26)19-13-11-17(2)12-14-19/h5-6,8,10-14H,4,7,9,15-16H2,1-3H3,(H,22,24). The SMILES string of the molecule is CCOc1ccccc1CCCNC(=O)CN(c1ccc(C)cc1)S(C)(=O)=O. The van der Waals surface area contributed by atoms with Crippen molar-refractivity contribution >= 4 is 21.6 Å². The van der Waals surface area contributed by atoms with E-state index in [0.29, 0.717) is 18.8 Å². The molecule has 0 heterocycles. The van der Waals surface area contributed by atoms with E-state index >= 15 is 0 Å². The van der Waals surface area contributed by atoms with Crippen LogP contribution in [0.2, 0.25) is 0 Å². The average Bonchev–Trinajstić information content (AvgIpc) is 2.65. The lowest BCUT2D eigenvalue weighted by Gasteiger charge is -2.22. The van der Waals surface area contributed by atoms with Crippen LogP contribution < -0.4 is 14.4 Å². The zero-order chi connectivity index (χ0) is 20.6. The van der Waals surface area contributed by atoms with E-state index in [1.165, 1.54) is 0 Å². The van der Waals surface area contributed by atoms with Crippen molar-refractivity contribution in [3.8, 4) is 5.75 Å². The number of carbonyl (C=O) groups excluding carboxylic acids is 1. The van der Waals surface area contributed by atoms with Gasteiger partial charge < -0.3 is 10.1 Å². The monoisotopic (exact) mass is 404 g/mol. The Bertz CT molecular complexity index is 880. The topological polar surface area (TPSA) is 75.7 Å². The molecule has 7 heteroatoms. The first-order chi connectivity index (χ1) is 13.3. The third-order valence-electron chi connectivity index (χ3n) is 4.23. The molecule has 2 rings (SSSR count). The maximum atomic E-state index is 12.3. The molecule has 0 fully saturated rings. The summed E-state index contributed by atoms with van der Waals surface area (Å²) in [4.78, 5) is 12.3. The molecular formula is C21H28N2O4S. The number of sulfonamides is 1. The number of benzene rings is 2. The molecule has 0 saturated carbocycles. The second-order valence-electron chi connectivity index (χ2n) is 6.60. The van der Waals surface area contributed by atoms with Crippen molar-refractivity contribution in [3.63, 3.8) is 0 Å². The second kappa shape index (κ2) is 10.1. The van der Waals surface area contributed by atoms with Crippen LogP contribution in [-0.2, 0) is 21.2 Å². The van der Waals surface area contributed by atoms with Crippen LogP contribution in [0.25, 0.3) is 0 Å². The van der Waals surface area contributed by atoms with Gasteiger partial charge in [0.05, 0.1) is 18.6 Å². The van der Waals surface area contributed by atoms with Crippen molar-refractivity contribution in [1.29, 1.82) is 0 Å². The van der Waals surface area contributed by atoms with Gasteiger partial charge in [0, 0.05) is 6.54 Å². The van der Waals surface area contributed by atoms with E-state index in [0.717, 1.165) is 40.3 Å². The molecule has 1 amide bonds. The molecule has 152 valence electrons. The summed E-state index contributed by atoms with van der Waals surface area (Å²) in [6.07, 6.45) is 2.61. The summed E-state index contributed by atoms with van der Waals surface area (Å²) in [5.41, 5.74) is 2.60. The highest BCUT2D eigenvalue weighted by Gasteiger charge is 2.20. The minimum absolute atomic E-state index is 0.239. The lowest BCUT2D eigenvalue weighted by atomic mass is 10.1. The van der Waals surface area contributed by atoms with E-state index in [9.17, 15) is 13.2 Å². The molecule has 2 aromatic rings. The molecule has 0 aliphatic rings. The number of aryl methyl sites for hydroxylation is 2. The first-order valence-electron chi connectivity index (χ1n) is 9.33. The van der Waals surface area contributed by atoms with Crippen molar-refractivity contribution in [3.05, 3.63) is 59.7 Å². The molecule has 0 bridgehead atoms. The Morgan fingerprint density at radius 3 is 2.43 bits per heavy atom. The Morgan fingerprint density at radius 1 is 1.11 bits per heavy atom. The number of ether oxygens (including phenoxy) is 1. The third kappa shape index (κ3) is 6.56. The highest BCUT2D eigenvalue weighted by atomic mass is 32.2. The van der Waals surface area contributed by atoms with Gasteiger partial charge in [0.25, 0.3) is 0 Å². The number of amides is 1. The van der Waals surface area contributed by atoms with Crippen LogP contribution in [0, 0.1) is 6.92 Å². The van der Waals surface area contributed by atoms with Gasteiger partial charge in [-0.25, -0.2) is 8.42 Å². The van der Waals surface area contributed by atoms with Gasteiger partial charge >= 0.3 is 0 Å². The predicted octanol–water partition coefficient (Wildman–Crippen LogP) is 2.91. The number of carbonyl (C=O) groups is 1. The molecule has 0 unspecified atom stereocenters. The normalized spacial score (nSPS) is 11.1. The Balaban J connectivity index is 1.89. The molecule has 0 atom stereocenters. The summed E-state index contributed by atoms with van der Waals surface area (Å²) >= 11 is 0. The zero-order valence-electron chi connectivity index (χ0n) is 16.6. The maximum absolute atomic E-state index is 12.3. The summed E-state index contributed by atoms with van der Waals surface area (Å²) in [7, 11) is -3.56. The number of nitrogens with one attached hydrogen (secondary N) is 1. The Morgan fingerprint density at radius 2 is 1.79 bits per heavy atom. The Labute approximate surface area is 167 Å². The second-order valence-corrected chi connectivity index (χ2v) is 8.51. The summed E-state index contributed by atoms with van der Waals surface area (Å²) < 4.78 is 30.9. The van der Waals surface area contributed by atoms with Crippen LogP contribution >= 0.6 is 0 Å². The van der Waals surface area contributed by atoms with Crippen molar-refractivity contribution < 1.29 is 17.9 Å². The number of hydrogen-bond donors (Lipinski definition) is 1. The molecule has 0 aliphatic carbocycles. The molecule has 6 nitrogen and oxygen atoms in total. The van der Waals surface area contributed by atoms with Crippen LogP contribution in [-0.4, -0.2) is 40.3 Å². The van der Waals surface area contributed by atoms with E-state index < -0.39 is 10.0 Å². The molecule has 0 radical (unpaired) electrons. The summed E-state index contributed by atoms with van der Waals surface area (Å²) in [5.74, 6) is 0.531.